The number of thiol groups is 1. The van der Waals surface area contributed by atoms with E-state index in [-0.39, 0.29) is 12.5 Å². The molecule has 134 valence electrons. The van der Waals surface area contributed by atoms with Gasteiger partial charge in [-0.1, -0.05) is 47.7 Å². The van der Waals surface area contributed by atoms with Gasteiger partial charge in [0.15, 0.2) is 0 Å². The number of benzene rings is 2. The topological polar surface area (TPSA) is 86.1 Å². The molecule has 1 amide bonds. The summed E-state index contributed by atoms with van der Waals surface area (Å²) >= 11 is 4.17. The maximum atomic E-state index is 12.8. The lowest BCUT2D eigenvalue weighted by atomic mass is 10.2. The highest BCUT2D eigenvalue weighted by molar-refractivity contribution is 7.80. The minimum absolute atomic E-state index is 0.126. The maximum Gasteiger partial charge on any atom is 0.408 e. The number of fused-ring (bicyclic) bond motifs is 1. The van der Waals surface area contributed by atoms with E-state index in [1.165, 1.54) is 4.68 Å². The quantitative estimate of drug-likeness (QED) is 0.652. The van der Waals surface area contributed by atoms with Crippen molar-refractivity contribution in [3.8, 4) is 0 Å². The molecule has 0 fully saturated rings. The van der Waals surface area contributed by atoms with Gasteiger partial charge in [0.25, 0.3) is 5.91 Å². The van der Waals surface area contributed by atoms with Gasteiger partial charge in [-0.2, -0.15) is 17.3 Å². The van der Waals surface area contributed by atoms with Gasteiger partial charge in [0.05, 0.1) is 5.52 Å². The Morgan fingerprint density at radius 1 is 1.12 bits per heavy atom. The SMILES string of the molecule is O=C(N[C@@H](CCS)C(=O)n1nnc2ccccc21)OCc1ccccc1. The van der Waals surface area contributed by atoms with Crippen LogP contribution in [-0.4, -0.2) is 38.8 Å². The Labute approximate surface area is 155 Å². The molecule has 0 radical (unpaired) electrons. The number of para-hydroxylation sites is 1. The molecule has 3 aromatic rings. The lowest BCUT2D eigenvalue weighted by Crippen LogP contribution is -2.44. The van der Waals surface area contributed by atoms with E-state index in [1.54, 1.807) is 18.2 Å². The second-order valence-corrected chi connectivity index (χ2v) is 6.05. The summed E-state index contributed by atoms with van der Waals surface area (Å²) in [5.41, 5.74) is 2.06. The van der Waals surface area contributed by atoms with E-state index in [0.717, 1.165) is 5.56 Å². The first-order chi connectivity index (χ1) is 12.7. The summed E-state index contributed by atoms with van der Waals surface area (Å²) < 4.78 is 6.38. The van der Waals surface area contributed by atoms with E-state index in [1.807, 2.05) is 36.4 Å². The largest absolute Gasteiger partial charge is 0.445 e. The minimum atomic E-state index is -0.805. The second kappa shape index (κ2) is 8.48. The fourth-order valence-corrected chi connectivity index (χ4v) is 2.73. The number of hydrogen-bond donors (Lipinski definition) is 2. The van der Waals surface area contributed by atoms with Crippen LogP contribution in [0.2, 0.25) is 0 Å². The predicted octanol–water partition coefficient (Wildman–Crippen LogP) is 2.69. The number of ether oxygens (including phenoxy) is 1. The average Bonchev–Trinajstić information content (AvgIpc) is 3.10. The Morgan fingerprint density at radius 2 is 1.85 bits per heavy atom. The molecule has 0 aliphatic rings. The Morgan fingerprint density at radius 3 is 2.62 bits per heavy atom. The van der Waals surface area contributed by atoms with Gasteiger partial charge in [0.1, 0.15) is 18.2 Å². The van der Waals surface area contributed by atoms with Crippen molar-refractivity contribution in [2.24, 2.45) is 0 Å². The van der Waals surface area contributed by atoms with E-state index in [4.69, 9.17) is 4.74 Å². The van der Waals surface area contributed by atoms with Gasteiger partial charge in [-0.3, -0.25) is 4.79 Å². The van der Waals surface area contributed by atoms with Crippen LogP contribution in [0, 0.1) is 0 Å². The fourth-order valence-electron chi connectivity index (χ4n) is 2.47. The van der Waals surface area contributed by atoms with Crippen LogP contribution in [0.15, 0.2) is 54.6 Å². The summed E-state index contributed by atoms with van der Waals surface area (Å²) in [6.07, 6.45) is -0.324. The van der Waals surface area contributed by atoms with E-state index >= 15 is 0 Å². The van der Waals surface area contributed by atoms with Crippen LogP contribution in [0.4, 0.5) is 4.79 Å². The first-order valence-corrected chi connectivity index (χ1v) is 8.75. The van der Waals surface area contributed by atoms with Crippen LogP contribution in [0.1, 0.15) is 16.8 Å². The monoisotopic (exact) mass is 370 g/mol. The lowest BCUT2D eigenvalue weighted by Gasteiger charge is -2.16. The normalized spacial score (nSPS) is 11.9. The van der Waals surface area contributed by atoms with Crippen LogP contribution >= 0.6 is 12.6 Å². The van der Waals surface area contributed by atoms with Crippen molar-refractivity contribution in [3.63, 3.8) is 0 Å². The van der Waals surface area contributed by atoms with Crippen molar-refractivity contribution >= 4 is 35.7 Å². The number of amides is 1. The van der Waals surface area contributed by atoms with Crippen molar-refractivity contribution in [2.45, 2.75) is 19.1 Å². The summed E-state index contributed by atoms with van der Waals surface area (Å²) in [5, 5.41) is 10.5. The molecule has 3 rings (SSSR count). The van der Waals surface area contributed by atoms with Crippen molar-refractivity contribution in [3.05, 3.63) is 60.2 Å². The molecule has 2 aromatic carbocycles. The molecule has 0 saturated carbocycles. The molecular weight excluding hydrogens is 352 g/mol. The molecule has 1 aromatic heterocycles. The molecule has 0 aliphatic carbocycles. The molecule has 1 N–H and O–H groups in total. The zero-order chi connectivity index (χ0) is 18.4. The van der Waals surface area contributed by atoms with Crippen LogP contribution in [0.5, 0.6) is 0 Å². The number of carbonyl (C=O) groups is 2. The Kier molecular flexibility index (Phi) is 5.85. The van der Waals surface area contributed by atoms with E-state index < -0.39 is 12.1 Å². The third-order valence-electron chi connectivity index (χ3n) is 3.78. The Balaban J connectivity index is 1.68. The molecule has 0 saturated heterocycles. The predicted molar refractivity (Wildman–Crippen MR) is 100 cm³/mol. The summed E-state index contributed by atoms with van der Waals surface area (Å²) in [4.78, 5) is 24.9. The molecule has 8 heteroatoms. The number of rotatable bonds is 6. The van der Waals surface area contributed by atoms with E-state index in [9.17, 15) is 9.59 Å². The first kappa shape index (κ1) is 17.9. The highest BCUT2D eigenvalue weighted by atomic mass is 32.1. The molecule has 1 heterocycles. The highest BCUT2D eigenvalue weighted by Gasteiger charge is 2.24. The molecule has 7 nitrogen and oxygen atoms in total. The van der Waals surface area contributed by atoms with Gasteiger partial charge in [-0.05, 0) is 29.9 Å². The Bertz CT molecular complexity index is 898. The summed E-state index contributed by atoms with van der Waals surface area (Å²) in [7, 11) is 0. The van der Waals surface area contributed by atoms with Crippen molar-refractivity contribution in [1.82, 2.24) is 20.3 Å². The summed E-state index contributed by atoms with van der Waals surface area (Å²) in [6, 6.07) is 15.6. The maximum absolute atomic E-state index is 12.8. The average molecular weight is 370 g/mol. The van der Waals surface area contributed by atoms with Crippen LogP contribution in [-0.2, 0) is 11.3 Å². The number of carbonyl (C=O) groups excluding carboxylic acids is 2. The third-order valence-corrected chi connectivity index (χ3v) is 4.04. The molecular formula is C18H18N4O3S. The highest BCUT2D eigenvalue weighted by Crippen LogP contribution is 2.11. The lowest BCUT2D eigenvalue weighted by molar-refractivity contribution is 0.0822. The number of nitrogens with one attached hydrogen (secondary N) is 1. The number of nitrogens with zero attached hydrogens (tertiary/aromatic N) is 3. The van der Waals surface area contributed by atoms with E-state index in [0.29, 0.717) is 23.2 Å². The van der Waals surface area contributed by atoms with Crippen molar-refractivity contribution in [2.75, 3.05) is 5.75 Å². The zero-order valence-electron chi connectivity index (χ0n) is 13.9. The summed E-state index contributed by atoms with van der Waals surface area (Å²) in [5.74, 6) is 0.0338. The van der Waals surface area contributed by atoms with Gasteiger partial charge in [0.2, 0.25) is 0 Å². The van der Waals surface area contributed by atoms with Crippen LogP contribution in [0.25, 0.3) is 11.0 Å². The number of alkyl carbamates (subject to hydrolysis) is 1. The molecule has 26 heavy (non-hydrogen) atoms. The molecule has 0 spiro atoms. The third kappa shape index (κ3) is 4.20. The van der Waals surface area contributed by atoms with Crippen LogP contribution < -0.4 is 5.32 Å². The molecule has 0 bridgehead atoms. The fraction of sp³-hybridized carbons (Fsp3) is 0.222. The van der Waals surface area contributed by atoms with Gasteiger partial charge in [-0.25, -0.2) is 4.79 Å². The smallest absolute Gasteiger partial charge is 0.408 e. The second-order valence-electron chi connectivity index (χ2n) is 5.60. The van der Waals surface area contributed by atoms with E-state index in [2.05, 4.69) is 28.3 Å². The molecule has 1 atom stereocenters. The minimum Gasteiger partial charge on any atom is -0.445 e. The number of aromatic nitrogens is 3. The van der Waals surface area contributed by atoms with Gasteiger partial charge in [0, 0.05) is 0 Å². The van der Waals surface area contributed by atoms with Gasteiger partial charge in [-0.15, -0.1) is 5.10 Å². The zero-order valence-corrected chi connectivity index (χ0v) is 14.8. The standard InChI is InChI=1S/C18H18N4O3S/c23-17(22-16-9-5-4-8-14(16)20-21-22)15(10-11-26)19-18(24)25-12-13-6-2-1-3-7-13/h1-9,15,26H,10-12H2,(H,19,24)/t15-/m0/s1. The van der Waals surface area contributed by atoms with Gasteiger partial charge >= 0.3 is 6.09 Å². The molecule has 0 unspecified atom stereocenters. The van der Waals surface area contributed by atoms with Crippen molar-refractivity contribution < 1.29 is 14.3 Å². The molecule has 0 aliphatic heterocycles. The first-order valence-electron chi connectivity index (χ1n) is 8.12. The van der Waals surface area contributed by atoms with Gasteiger partial charge < -0.3 is 10.1 Å². The van der Waals surface area contributed by atoms with Crippen molar-refractivity contribution in [1.29, 1.82) is 0 Å². The Hall–Kier alpha value is -2.87. The summed E-state index contributed by atoms with van der Waals surface area (Å²) in [6.45, 7) is 0.126. The van der Waals surface area contributed by atoms with Crippen LogP contribution in [0.3, 0.4) is 0 Å². The number of hydrogen-bond acceptors (Lipinski definition) is 6.